The van der Waals surface area contributed by atoms with Gasteiger partial charge < -0.3 is 10.1 Å². The fourth-order valence-corrected chi connectivity index (χ4v) is 5.77. The molecule has 1 aliphatic heterocycles. The summed E-state index contributed by atoms with van der Waals surface area (Å²) >= 11 is 0. The molecule has 0 radical (unpaired) electrons. The largest absolute Gasteiger partial charge is 0.379 e. The molecule has 3 rings (SSSR count). The predicted molar refractivity (Wildman–Crippen MR) is 111 cm³/mol. The Morgan fingerprint density at radius 1 is 0.900 bits per heavy atom. The molecular formula is C20H24N2O6S2. The molecule has 0 atom stereocenters. The molecule has 162 valence electrons. The number of ether oxygens (including phenoxy) is 1. The minimum absolute atomic E-state index is 0.0754. The van der Waals surface area contributed by atoms with Crippen LogP contribution in [0.3, 0.4) is 0 Å². The molecule has 0 saturated carbocycles. The van der Waals surface area contributed by atoms with Crippen molar-refractivity contribution in [3.8, 4) is 0 Å². The van der Waals surface area contributed by atoms with E-state index in [9.17, 15) is 21.6 Å². The summed E-state index contributed by atoms with van der Waals surface area (Å²) in [6.45, 7) is 1.52. The van der Waals surface area contributed by atoms with Crippen LogP contribution < -0.4 is 5.32 Å². The number of benzene rings is 2. The van der Waals surface area contributed by atoms with Crippen molar-refractivity contribution in [2.75, 3.05) is 38.6 Å². The summed E-state index contributed by atoms with van der Waals surface area (Å²) in [4.78, 5) is 12.6. The van der Waals surface area contributed by atoms with Crippen molar-refractivity contribution >= 4 is 25.8 Å². The van der Waals surface area contributed by atoms with E-state index in [1.54, 1.807) is 30.3 Å². The number of morpholine rings is 1. The van der Waals surface area contributed by atoms with Gasteiger partial charge in [-0.1, -0.05) is 18.2 Å². The SMILES string of the molecule is O=C(NCCCS(=O)(=O)c1ccccc1)c1ccc(S(=O)(=O)N2CCOCC2)cc1. The number of carbonyl (C=O) groups is 1. The highest BCUT2D eigenvalue weighted by atomic mass is 32.2. The van der Waals surface area contributed by atoms with Gasteiger partial charge in [0.05, 0.1) is 28.8 Å². The quantitative estimate of drug-likeness (QED) is 0.605. The van der Waals surface area contributed by atoms with E-state index in [1.165, 1.54) is 28.6 Å². The minimum Gasteiger partial charge on any atom is -0.379 e. The Labute approximate surface area is 176 Å². The van der Waals surface area contributed by atoms with Crippen molar-refractivity contribution < 1.29 is 26.4 Å². The van der Waals surface area contributed by atoms with Gasteiger partial charge in [-0.15, -0.1) is 0 Å². The summed E-state index contributed by atoms with van der Waals surface area (Å²) in [5, 5.41) is 2.66. The average molecular weight is 453 g/mol. The average Bonchev–Trinajstić information content (AvgIpc) is 2.78. The molecule has 0 aromatic heterocycles. The highest BCUT2D eigenvalue weighted by Gasteiger charge is 2.26. The molecule has 1 fully saturated rings. The first-order chi connectivity index (χ1) is 14.3. The molecule has 0 spiro atoms. The third-order valence-electron chi connectivity index (χ3n) is 4.70. The predicted octanol–water partition coefficient (Wildman–Crippen LogP) is 1.30. The Kier molecular flexibility index (Phi) is 7.24. The van der Waals surface area contributed by atoms with Crippen LogP contribution in [0.5, 0.6) is 0 Å². The van der Waals surface area contributed by atoms with Crippen molar-refractivity contribution in [3.05, 3.63) is 60.2 Å². The summed E-state index contributed by atoms with van der Waals surface area (Å²) in [5.74, 6) is -0.462. The number of amides is 1. The lowest BCUT2D eigenvalue weighted by Gasteiger charge is -2.26. The Hall–Kier alpha value is -2.27. The van der Waals surface area contributed by atoms with Crippen molar-refractivity contribution in [1.82, 2.24) is 9.62 Å². The number of hydrogen-bond acceptors (Lipinski definition) is 6. The first kappa shape index (κ1) is 22.4. The molecule has 0 bridgehead atoms. The second kappa shape index (κ2) is 9.69. The van der Waals surface area contributed by atoms with E-state index in [0.29, 0.717) is 31.9 Å². The van der Waals surface area contributed by atoms with Gasteiger partial charge in [-0.2, -0.15) is 4.31 Å². The van der Waals surface area contributed by atoms with Crippen LogP contribution >= 0.6 is 0 Å². The third-order valence-corrected chi connectivity index (χ3v) is 8.43. The van der Waals surface area contributed by atoms with E-state index in [2.05, 4.69) is 5.32 Å². The molecule has 2 aromatic rings. The van der Waals surface area contributed by atoms with Crippen molar-refractivity contribution in [2.45, 2.75) is 16.2 Å². The van der Waals surface area contributed by atoms with Crippen molar-refractivity contribution in [3.63, 3.8) is 0 Å². The monoisotopic (exact) mass is 452 g/mol. The number of hydrogen-bond donors (Lipinski definition) is 1. The van der Waals surface area contributed by atoms with E-state index >= 15 is 0 Å². The van der Waals surface area contributed by atoms with E-state index in [0.717, 1.165) is 0 Å². The molecule has 0 unspecified atom stereocenters. The zero-order valence-corrected chi connectivity index (χ0v) is 18.0. The zero-order valence-electron chi connectivity index (χ0n) is 16.4. The van der Waals surface area contributed by atoms with Crippen LogP contribution in [-0.4, -0.2) is 65.6 Å². The van der Waals surface area contributed by atoms with Crippen LogP contribution in [-0.2, 0) is 24.6 Å². The molecule has 1 amide bonds. The van der Waals surface area contributed by atoms with Crippen molar-refractivity contribution in [2.24, 2.45) is 0 Å². The maximum Gasteiger partial charge on any atom is 0.251 e. The van der Waals surface area contributed by atoms with Crippen LogP contribution in [0.4, 0.5) is 0 Å². The number of carbonyl (C=O) groups excluding carboxylic acids is 1. The summed E-state index contributed by atoms with van der Waals surface area (Å²) in [6, 6.07) is 13.9. The van der Waals surface area contributed by atoms with Gasteiger partial charge in [-0.3, -0.25) is 4.79 Å². The number of nitrogens with zero attached hydrogens (tertiary/aromatic N) is 1. The Balaban J connectivity index is 1.52. The number of sulfonamides is 1. The fourth-order valence-electron chi connectivity index (χ4n) is 3.03. The van der Waals surface area contributed by atoms with Gasteiger partial charge in [0, 0.05) is 25.2 Å². The van der Waals surface area contributed by atoms with Crippen LogP contribution in [0.1, 0.15) is 16.8 Å². The molecule has 2 aromatic carbocycles. The Bertz CT molecular complexity index is 1060. The second-order valence-electron chi connectivity index (χ2n) is 6.78. The third kappa shape index (κ3) is 5.45. The highest BCUT2D eigenvalue weighted by Crippen LogP contribution is 2.18. The van der Waals surface area contributed by atoms with Crippen LogP contribution in [0.15, 0.2) is 64.4 Å². The summed E-state index contributed by atoms with van der Waals surface area (Å²) in [7, 11) is -7.00. The van der Waals surface area contributed by atoms with Crippen LogP contribution in [0, 0.1) is 0 Å². The van der Waals surface area contributed by atoms with Crippen LogP contribution in [0.25, 0.3) is 0 Å². The minimum atomic E-state index is -3.61. The van der Waals surface area contributed by atoms with Gasteiger partial charge in [0.15, 0.2) is 9.84 Å². The lowest BCUT2D eigenvalue weighted by Crippen LogP contribution is -2.40. The first-order valence-electron chi connectivity index (χ1n) is 9.55. The number of nitrogens with one attached hydrogen (secondary N) is 1. The lowest BCUT2D eigenvalue weighted by atomic mass is 10.2. The molecule has 1 saturated heterocycles. The van der Waals surface area contributed by atoms with E-state index < -0.39 is 19.9 Å². The lowest BCUT2D eigenvalue weighted by molar-refractivity contribution is 0.0730. The van der Waals surface area contributed by atoms with Gasteiger partial charge >= 0.3 is 0 Å². The van der Waals surface area contributed by atoms with Gasteiger partial charge in [-0.05, 0) is 42.8 Å². The van der Waals surface area contributed by atoms with Crippen molar-refractivity contribution in [1.29, 1.82) is 0 Å². The van der Waals surface area contributed by atoms with Gasteiger partial charge in [0.2, 0.25) is 10.0 Å². The molecule has 0 aliphatic carbocycles. The Morgan fingerprint density at radius 2 is 1.53 bits per heavy atom. The molecule has 1 aliphatic rings. The molecule has 10 heteroatoms. The zero-order chi connectivity index (χ0) is 21.6. The topological polar surface area (TPSA) is 110 Å². The second-order valence-corrected chi connectivity index (χ2v) is 10.8. The molecule has 30 heavy (non-hydrogen) atoms. The maximum atomic E-state index is 12.6. The molecule has 1 N–H and O–H groups in total. The van der Waals surface area contributed by atoms with Gasteiger partial charge in [0.1, 0.15) is 0 Å². The fraction of sp³-hybridized carbons (Fsp3) is 0.350. The smallest absolute Gasteiger partial charge is 0.251 e. The van der Waals surface area contributed by atoms with Gasteiger partial charge in [0.25, 0.3) is 5.91 Å². The normalized spacial score (nSPS) is 15.6. The summed E-state index contributed by atoms with van der Waals surface area (Å²) < 4.78 is 56.2. The molecule has 1 heterocycles. The summed E-state index contributed by atoms with van der Waals surface area (Å²) in [5.41, 5.74) is 0.307. The maximum absolute atomic E-state index is 12.6. The highest BCUT2D eigenvalue weighted by molar-refractivity contribution is 7.91. The van der Waals surface area contributed by atoms with E-state index in [4.69, 9.17) is 4.74 Å². The van der Waals surface area contributed by atoms with Crippen LogP contribution in [0.2, 0.25) is 0 Å². The van der Waals surface area contributed by atoms with Gasteiger partial charge in [-0.25, -0.2) is 16.8 Å². The summed E-state index contributed by atoms with van der Waals surface area (Å²) in [6.07, 6.45) is 0.270. The van der Waals surface area contributed by atoms with E-state index in [-0.39, 0.29) is 34.4 Å². The first-order valence-corrected chi connectivity index (χ1v) is 12.6. The molecular weight excluding hydrogens is 428 g/mol. The molecule has 8 nitrogen and oxygen atoms in total. The number of rotatable bonds is 8. The Morgan fingerprint density at radius 3 is 2.17 bits per heavy atom. The van der Waals surface area contributed by atoms with E-state index in [1.807, 2.05) is 0 Å². The standard InChI is InChI=1S/C20H24N2O6S2/c23-20(21-11-4-16-29(24,25)18-5-2-1-3-6-18)17-7-9-19(10-8-17)30(26,27)22-12-14-28-15-13-22/h1-3,5-10H,4,11-16H2,(H,21,23). The number of sulfone groups is 1.